The van der Waals surface area contributed by atoms with Crippen molar-refractivity contribution in [3.63, 3.8) is 0 Å². The summed E-state index contributed by atoms with van der Waals surface area (Å²) in [6, 6.07) is 17.0. The van der Waals surface area contributed by atoms with Gasteiger partial charge in [-0.3, -0.25) is 18.3 Å². The Morgan fingerprint density at radius 3 is 0.545 bits per heavy atom. The largest absolute Gasteiger partial charge is 0.356 e. The summed E-state index contributed by atoms with van der Waals surface area (Å²) in [6.45, 7) is 0. The maximum absolute atomic E-state index is 12.3. The maximum atomic E-state index is 12.3. The Bertz CT molecular complexity index is 1620. The van der Waals surface area contributed by atoms with Crippen molar-refractivity contribution in [2.45, 2.75) is 25.7 Å². The van der Waals surface area contributed by atoms with Crippen LogP contribution in [0.25, 0.3) is 0 Å². The summed E-state index contributed by atoms with van der Waals surface area (Å²) in [5.74, 6) is 0. The van der Waals surface area contributed by atoms with Gasteiger partial charge in [0.2, 0.25) is 0 Å². The van der Waals surface area contributed by atoms with Crippen molar-refractivity contribution in [3.8, 4) is 0 Å². The zero-order valence-electron chi connectivity index (χ0n) is 22.8. The van der Waals surface area contributed by atoms with Crippen LogP contribution in [0.15, 0.2) is 72.8 Å². The van der Waals surface area contributed by atoms with Crippen molar-refractivity contribution in [2.24, 2.45) is 0 Å². The van der Waals surface area contributed by atoms with Crippen LogP contribution in [-0.2, 0) is 43.9 Å². The molecule has 0 atom stereocenters. The maximum Gasteiger partial charge on any atom is 0.356 e. The molecular weight excluding hydrogens is 652 g/mol. The molecule has 0 aliphatic heterocycles. The van der Waals surface area contributed by atoms with E-state index in [0.717, 1.165) is 0 Å². The molecule has 0 unspecified atom stereocenters. The minimum absolute atomic E-state index is 0.0171. The van der Waals surface area contributed by atoms with E-state index >= 15 is 0 Å². The lowest BCUT2D eigenvalue weighted by molar-refractivity contribution is 0.385. The fraction of sp³-hybridized carbons (Fsp3) is 0.143. The highest BCUT2D eigenvalue weighted by Gasteiger charge is 2.24. The van der Waals surface area contributed by atoms with E-state index in [2.05, 4.69) is 0 Å². The summed E-state index contributed by atoms with van der Waals surface area (Å²) >= 11 is 0. The molecule has 1 aliphatic rings. The third kappa shape index (κ3) is 8.00. The van der Waals surface area contributed by atoms with E-state index in [1.54, 1.807) is 24.3 Å². The Labute approximate surface area is 251 Å². The third-order valence-electron chi connectivity index (χ3n) is 7.13. The highest BCUT2D eigenvalue weighted by Crippen LogP contribution is 2.38. The van der Waals surface area contributed by atoms with Gasteiger partial charge in [0.1, 0.15) is 0 Å². The molecule has 0 heterocycles. The molecule has 12 nitrogen and oxygen atoms in total. The van der Waals surface area contributed by atoms with E-state index in [1.807, 2.05) is 0 Å². The van der Waals surface area contributed by atoms with Gasteiger partial charge in [0, 0.05) is 0 Å². The average molecular weight is 680 g/mol. The van der Waals surface area contributed by atoms with Crippen LogP contribution in [0.5, 0.6) is 0 Å². The second-order valence-electron chi connectivity index (χ2n) is 10.9. The molecule has 0 aromatic heterocycles. The van der Waals surface area contributed by atoms with E-state index in [1.165, 1.54) is 48.5 Å². The second-order valence-corrected chi connectivity index (χ2v) is 17.3. The Hall–Kier alpha value is -2.52. The van der Waals surface area contributed by atoms with E-state index < -0.39 is 30.4 Å². The third-order valence-corrected chi connectivity index (χ3v) is 10.9. The van der Waals surface area contributed by atoms with Crippen LogP contribution < -0.4 is 21.2 Å². The summed E-state index contributed by atoms with van der Waals surface area (Å²) in [6.07, 6.45) is 0.0683. The first-order valence-corrected chi connectivity index (χ1v) is 19.4. The first-order chi connectivity index (χ1) is 20.2. The molecule has 44 heavy (non-hydrogen) atoms. The Morgan fingerprint density at radius 1 is 0.295 bits per heavy atom. The fourth-order valence-electron chi connectivity index (χ4n) is 5.40. The molecule has 8 N–H and O–H groups in total. The van der Waals surface area contributed by atoms with Crippen molar-refractivity contribution >= 4 is 51.6 Å². The van der Waals surface area contributed by atoms with Gasteiger partial charge >= 0.3 is 30.4 Å². The summed E-state index contributed by atoms with van der Waals surface area (Å²) in [5, 5.41) is -1.15. The Balaban J connectivity index is 1.78. The molecule has 0 radical (unpaired) electrons. The van der Waals surface area contributed by atoms with E-state index in [-0.39, 0.29) is 46.9 Å². The fourth-order valence-corrected chi connectivity index (χ4v) is 8.08. The van der Waals surface area contributed by atoms with Crippen LogP contribution in [0.1, 0.15) is 44.5 Å². The summed E-state index contributed by atoms with van der Waals surface area (Å²) in [7, 11) is -19.0. The quantitative estimate of drug-likeness (QED) is 0.127. The van der Waals surface area contributed by atoms with Crippen molar-refractivity contribution in [1.29, 1.82) is 0 Å². The van der Waals surface area contributed by atoms with Gasteiger partial charge in [0.15, 0.2) is 0 Å². The topological polar surface area (TPSA) is 230 Å². The van der Waals surface area contributed by atoms with Crippen molar-refractivity contribution in [1.82, 2.24) is 0 Å². The predicted molar refractivity (Wildman–Crippen MR) is 164 cm³/mol. The molecule has 0 amide bonds. The molecule has 232 valence electrons. The highest BCUT2D eigenvalue weighted by atomic mass is 31.2. The van der Waals surface area contributed by atoms with Crippen LogP contribution in [0, 0.1) is 0 Å². The van der Waals surface area contributed by atoms with Crippen LogP contribution >= 0.6 is 30.4 Å². The molecule has 4 aromatic carbocycles. The van der Waals surface area contributed by atoms with Crippen LogP contribution in [0.2, 0.25) is 0 Å². The molecule has 4 aromatic rings. The molecule has 0 spiro atoms. The van der Waals surface area contributed by atoms with Crippen molar-refractivity contribution in [2.75, 3.05) is 0 Å². The number of fused-ring (bicyclic) bond motifs is 8. The average Bonchev–Trinajstić information content (AvgIpc) is 2.85. The highest BCUT2D eigenvalue weighted by molar-refractivity contribution is 7.61. The van der Waals surface area contributed by atoms with Gasteiger partial charge in [-0.25, -0.2) is 0 Å². The summed E-state index contributed by atoms with van der Waals surface area (Å²) < 4.78 is 49.1. The van der Waals surface area contributed by atoms with Gasteiger partial charge < -0.3 is 39.1 Å². The van der Waals surface area contributed by atoms with Crippen molar-refractivity contribution in [3.05, 3.63) is 117 Å². The molecule has 16 heteroatoms. The smallest absolute Gasteiger partial charge is 0.321 e. The SMILES string of the molecule is O=P(O)(O)c1cc2cc(c1)Cc1cc(cc(P(=O)(O)O)c1)Cc1cc(cc(P(=O)(O)O)c1)Cc1cc(cc(P(=O)(O)O)c1)C2. The van der Waals surface area contributed by atoms with Crippen LogP contribution in [0.3, 0.4) is 0 Å². The second kappa shape index (κ2) is 11.7. The van der Waals surface area contributed by atoms with Gasteiger partial charge in [0.05, 0.1) is 21.2 Å². The van der Waals surface area contributed by atoms with Crippen LogP contribution in [0.4, 0.5) is 0 Å². The lowest BCUT2D eigenvalue weighted by atomic mass is 9.94. The summed E-state index contributed by atoms with van der Waals surface area (Å²) in [5.41, 5.74) is 3.33. The Kier molecular flexibility index (Phi) is 8.73. The standard InChI is InChI=1S/C28H28O12P4/c29-41(30,31)25-9-17-1-18(10-25)6-20-3-22(14-27(12-20)43(35,36)37)8-24-4-23(15-28(16-24)44(38,39)40)7-21-2-19(5-17)11-26(13-21)42(32,33)34/h1-4,9-16H,5-8H2,(H2,29,30,31)(H2,32,33,34)(H2,35,36,37)(H2,38,39,40). The van der Waals surface area contributed by atoms with Gasteiger partial charge in [-0.05, 0) is 119 Å². The van der Waals surface area contributed by atoms with Crippen LogP contribution in [-0.4, -0.2) is 39.1 Å². The lowest BCUT2D eigenvalue weighted by Gasteiger charge is -2.17. The van der Waals surface area contributed by atoms with E-state index in [9.17, 15) is 57.4 Å². The lowest BCUT2D eigenvalue weighted by Crippen LogP contribution is -2.13. The summed E-state index contributed by atoms with van der Waals surface area (Å²) in [4.78, 5) is 79.8. The van der Waals surface area contributed by atoms with E-state index in [0.29, 0.717) is 44.5 Å². The molecular formula is C28H28O12P4. The van der Waals surface area contributed by atoms with Crippen molar-refractivity contribution < 1.29 is 57.4 Å². The molecule has 0 saturated carbocycles. The number of rotatable bonds is 4. The molecule has 0 fully saturated rings. The van der Waals surface area contributed by atoms with Gasteiger partial charge in [-0.15, -0.1) is 0 Å². The minimum atomic E-state index is -4.75. The Morgan fingerprint density at radius 2 is 0.432 bits per heavy atom. The number of hydrogen-bond donors (Lipinski definition) is 8. The number of hydrogen-bond acceptors (Lipinski definition) is 4. The first-order valence-electron chi connectivity index (χ1n) is 13.0. The predicted octanol–water partition coefficient (Wildman–Crippen LogP) is 1.58. The monoisotopic (exact) mass is 680 g/mol. The minimum Gasteiger partial charge on any atom is -0.321 e. The van der Waals surface area contributed by atoms with Gasteiger partial charge in [-0.1, -0.05) is 24.3 Å². The number of benzene rings is 4. The molecule has 0 saturated heterocycles. The van der Waals surface area contributed by atoms with E-state index in [4.69, 9.17) is 0 Å². The molecule has 5 rings (SSSR count). The molecule has 8 bridgehead atoms. The van der Waals surface area contributed by atoms with Gasteiger partial charge in [0.25, 0.3) is 0 Å². The first kappa shape index (κ1) is 32.9. The zero-order chi connectivity index (χ0) is 32.2. The normalized spacial score (nSPS) is 14.4. The zero-order valence-corrected chi connectivity index (χ0v) is 26.3. The van der Waals surface area contributed by atoms with Gasteiger partial charge in [-0.2, -0.15) is 0 Å². The molecule has 1 aliphatic carbocycles.